The molecule has 0 aliphatic rings. The summed E-state index contributed by atoms with van der Waals surface area (Å²) in [4.78, 5) is 13.1. The third kappa shape index (κ3) is 3.34. The van der Waals surface area contributed by atoms with Crippen LogP contribution in [0.4, 0.5) is 4.79 Å². The van der Waals surface area contributed by atoms with Gasteiger partial charge in [-0.25, -0.2) is 18.2 Å². The first-order valence-corrected chi connectivity index (χ1v) is 6.74. The van der Waals surface area contributed by atoms with Gasteiger partial charge < -0.3 is 4.74 Å². The van der Waals surface area contributed by atoms with Crippen LogP contribution in [0.5, 0.6) is 0 Å². The summed E-state index contributed by atoms with van der Waals surface area (Å²) in [6, 6.07) is 4.29. The van der Waals surface area contributed by atoms with Crippen LogP contribution in [0.1, 0.15) is 5.56 Å². The van der Waals surface area contributed by atoms with Gasteiger partial charge in [-0.3, -0.25) is 0 Å². The Hall–Kier alpha value is -1.31. The Kier molecular flexibility index (Phi) is 4.55. The standard InChI is InChI=1S/C10H13ClN2O4S/c1-7-4-5-8(6-9(7)11)18(15,16)12-13(2)10(14)17-3/h4-6,12H,1-3H3. The molecule has 6 nitrogen and oxygen atoms in total. The second-order valence-electron chi connectivity index (χ2n) is 3.53. The first kappa shape index (κ1) is 14.7. The summed E-state index contributed by atoms with van der Waals surface area (Å²) in [5.41, 5.74) is 0.761. The van der Waals surface area contributed by atoms with Gasteiger partial charge in [0.1, 0.15) is 0 Å². The SMILES string of the molecule is COC(=O)N(C)NS(=O)(=O)c1ccc(C)c(Cl)c1. The first-order valence-electron chi connectivity index (χ1n) is 4.88. The number of halogens is 1. The van der Waals surface area contributed by atoms with Crippen LogP contribution in [0.2, 0.25) is 5.02 Å². The zero-order valence-electron chi connectivity index (χ0n) is 10.1. The predicted molar refractivity (Wildman–Crippen MR) is 66.7 cm³/mol. The molecule has 0 unspecified atom stereocenters. The predicted octanol–water partition coefficient (Wildman–Crippen LogP) is 1.54. The number of methoxy groups -OCH3 is 1. The number of nitrogens with zero attached hydrogens (tertiary/aromatic N) is 1. The molecule has 1 amide bonds. The molecule has 8 heteroatoms. The van der Waals surface area contributed by atoms with Gasteiger partial charge in [0.15, 0.2) is 0 Å². The number of hydrogen-bond donors (Lipinski definition) is 1. The van der Waals surface area contributed by atoms with Crippen molar-refractivity contribution in [2.75, 3.05) is 14.2 Å². The van der Waals surface area contributed by atoms with Gasteiger partial charge >= 0.3 is 6.09 Å². The monoisotopic (exact) mass is 292 g/mol. The fraction of sp³-hybridized carbons (Fsp3) is 0.300. The third-order valence-electron chi connectivity index (χ3n) is 2.16. The van der Waals surface area contributed by atoms with Gasteiger partial charge in [0, 0.05) is 12.1 Å². The molecule has 0 radical (unpaired) electrons. The second-order valence-corrected chi connectivity index (χ2v) is 5.60. The Bertz CT molecular complexity index is 559. The minimum absolute atomic E-state index is 0.0335. The maximum absolute atomic E-state index is 11.9. The number of amides is 1. The molecule has 0 spiro atoms. The smallest absolute Gasteiger partial charge is 0.424 e. The van der Waals surface area contributed by atoms with E-state index in [1.54, 1.807) is 13.0 Å². The van der Waals surface area contributed by atoms with Crippen molar-refractivity contribution in [1.29, 1.82) is 0 Å². The van der Waals surface area contributed by atoms with Crippen LogP contribution in [0, 0.1) is 6.92 Å². The lowest BCUT2D eigenvalue weighted by molar-refractivity contribution is 0.126. The molecular weight excluding hydrogens is 280 g/mol. The Balaban J connectivity index is 3.00. The quantitative estimate of drug-likeness (QED) is 0.858. The molecule has 0 heterocycles. The van der Waals surface area contributed by atoms with E-state index >= 15 is 0 Å². The number of benzene rings is 1. The number of aryl methyl sites for hydroxylation is 1. The minimum Gasteiger partial charge on any atom is -0.452 e. The number of hydrazine groups is 1. The molecule has 0 fully saturated rings. The molecule has 100 valence electrons. The summed E-state index contributed by atoms with van der Waals surface area (Å²) in [6.07, 6.45) is -0.822. The van der Waals surface area contributed by atoms with E-state index in [-0.39, 0.29) is 4.90 Å². The molecule has 0 aromatic heterocycles. The van der Waals surface area contributed by atoms with Crippen molar-refractivity contribution < 1.29 is 17.9 Å². The van der Waals surface area contributed by atoms with Crippen LogP contribution >= 0.6 is 11.6 Å². The molecule has 18 heavy (non-hydrogen) atoms. The van der Waals surface area contributed by atoms with Crippen LogP contribution in [-0.2, 0) is 14.8 Å². The lowest BCUT2D eigenvalue weighted by Gasteiger charge is -2.16. The summed E-state index contributed by atoms with van der Waals surface area (Å²) in [7, 11) is -1.48. The van der Waals surface area contributed by atoms with Crippen LogP contribution in [0.15, 0.2) is 23.1 Å². The summed E-state index contributed by atoms with van der Waals surface area (Å²) in [5, 5.41) is 1.06. The maximum atomic E-state index is 11.9. The molecule has 1 aromatic carbocycles. The van der Waals surface area contributed by atoms with Crippen LogP contribution < -0.4 is 4.83 Å². The first-order chi connectivity index (χ1) is 8.27. The molecule has 0 saturated heterocycles. The molecule has 1 rings (SSSR count). The fourth-order valence-electron chi connectivity index (χ4n) is 1.15. The lowest BCUT2D eigenvalue weighted by atomic mass is 10.2. The summed E-state index contributed by atoms with van der Waals surface area (Å²) < 4.78 is 28.2. The molecular formula is C10H13ClN2O4S. The lowest BCUT2D eigenvalue weighted by Crippen LogP contribution is -2.43. The van der Waals surface area contributed by atoms with Crippen molar-refractivity contribution >= 4 is 27.7 Å². The second kappa shape index (κ2) is 5.55. The molecule has 0 aliphatic heterocycles. The molecule has 1 N–H and O–H groups in total. The Labute approximate surface area is 111 Å². The van der Waals surface area contributed by atoms with Crippen molar-refractivity contribution in [2.24, 2.45) is 0 Å². The average molecular weight is 293 g/mol. The number of rotatable bonds is 3. The van der Waals surface area contributed by atoms with E-state index < -0.39 is 16.1 Å². The van der Waals surface area contributed by atoms with Crippen molar-refractivity contribution in [3.05, 3.63) is 28.8 Å². The van der Waals surface area contributed by atoms with E-state index in [4.69, 9.17) is 11.6 Å². The highest BCUT2D eigenvalue weighted by atomic mass is 35.5. The van der Waals surface area contributed by atoms with Crippen molar-refractivity contribution in [3.63, 3.8) is 0 Å². The fourth-order valence-corrected chi connectivity index (χ4v) is 2.45. The van der Waals surface area contributed by atoms with E-state index in [0.29, 0.717) is 5.02 Å². The molecule has 0 atom stereocenters. The minimum atomic E-state index is -3.86. The van der Waals surface area contributed by atoms with Crippen molar-refractivity contribution in [1.82, 2.24) is 9.84 Å². The number of ether oxygens (including phenoxy) is 1. The van der Waals surface area contributed by atoms with Crippen molar-refractivity contribution in [3.8, 4) is 0 Å². The third-order valence-corrected chi connectivity index (χ3v) is 3.96. The molecule has 0 bridgehead atoms. The largest absolute Gasteiger partial charge is 0.452 e. The molecule has 0 aliphatic carbocycles. The van der Waals surface area contributed by atoms with Gasteiger partial charge in [-0.2, -0.15) is 0 Å². The van der Waals surface area contributed by atoms with Gasteiger partial charge in [0.2, 0.25) is 0 Å². The van der Waals surface area contributed by atoms with E-state index in [1.807, 2.05) is 4.83 Å². The van der Waals surface area contributed by atoms with E-state index in [2.05, 4.69) is 4.74 Å². The molecule has 0 saturated carbocycles. The highest BCUT2D eigenvalue weighted by Crippen LogP contribution is 2.19. The van der Waals surface area contributed by atoms with Gasteiger partial charge in [0.05, 0.1) is 12.0 Å². The summed E-state index contributed by atoms with van der Waals surface area (Å²) >= 11 is 5.85. The van der Waals surface area contributed by atoms with Crippen molar-refractivity contribution in [2.45, 2.75) is 11.8 Å². The van der Waals surface area contributed by atoms with Crippen LogP contribution in [-0.4, -0.2) is 33.7 Å². The molecule has 1 aromatic rings. The average Bonchev–Trinajstić information content (AvgIpc) is 2.30. The normalized spacial score (nSPS) is 11.1. The summed E-state index contributed by atoms with van der Waals surface area (Å²) in [5.74, 6) is 0. The summed E-state index contributed by atoms with van der Waals surface area (Å²) in [6.45, 7) is 1.76. The number of hydrogen-bond acceptors (Lipinski definition) is 4. The van der Waals surface area contributed by atoms with E-state index in [1.165, 1.54) is 19.2 Å². The number of carbonyl (C=O) groups is 1. The Morgan fingerprint density at radius 1 is 1.44 bits per heavy atom. The van der Waals surface area contributed by atoms with Gasteiger partial charge in [-0.1, -0.05) is 17.7 Å². The van der Waals surface area contributed by atoms with Crippen LogP contribution in [0.25, 0.3) is 0 Å². The number of sulfonamides is 1. The maximum Gasteiger partial charge on any atom is 0.424 e. The van der Waals surface area contributed by atoms with Gasteiger partial charge in [-0.15, -0.1) is 4.83 Å². The van der Waals surface area contributed by atoms with E-state index in [9.17, 15) is 13.2 Å². The zero-order chi connectivity index (χ0) is 13.9. The highest BCUT2D eigenvalue weighted by molar-refractivity contribution is 7.89. The van der Waals surface area contributed by atoms with Crippen LogP contribution in [0.3, 0.4) is 0 Å². The number of carbonyl (C=O) groups excluding carboxylic acids is 1. The topological polar surface area (TPSA) is 75.7 Å². The van der Waals surface area contributed by atoms with E-state index in [0.717, 1.165) is 17.7 Å². The Morgan fingerprint density at radius 3 is 2.56 bits per heavy atom. The Morgan fingerprint density at radius 2 is 2.06 bits per heavy atom. The number of nitrogens with one attached hydrogen (secondary N) is 1. The highest BCUT2D eigenvalue weighted by Gasteiger charge is 2.20. The van der Waals surface area contributed by atoms with Gasteiger partial charge in [0.25, 0.3) is 10.0 Å². The zero-order valence-corrected chi connectivity index (χ0v) is 11.7. The van der Waals surface area contributed by atoms with Gasteiger partial charge in [-0.05, 0) is 24.6 Å².